The van der Waals surface area contributed by atoms with Crippen LogP contribution in [-0.2, 0) is 9.59 Å². The first-order chi connectivity index (χ1) is 8.61. The van der Waals surface area contributed by atoms with Gasteiger partial charge < -0.3 is 15.5 Å². The molecule has 0 aliphatic carbocycles. The summed E-state index contributed by atoms with van der Waals surface area (Å²) in [6.07, 6.45) is 1.19. The van der Waals surface area contributed by atoms with E-state index >= 15 is 0 Å². The quantitative estimate of drug-likeness (QED) is 0.517. The van der Waals surface area contributed by atoms with Crippen LogP contribution in [0.2, 0.25) is 0 Å². The molecule has 0 radical (unpaired) electrons. The summed E-state index contributed by atoms with van der Waals surface area (Å²) in [6.45, 7) is -0.285. The normalized spacial score (nSPS) is 14.9. The first-order valence-electron chi connectivity index (χ1n) is 5.36. The van der Waals surface area contributed by atoms with Gasteiger partial charge in [0.05, 0.1) is 13.2 Å². The third-order valence-corrected chi connectivity index (χ3v) is 2.48. The average molecular weight is 248 g/mol. The van der Waals surface area contributed by atoms with Crippen molar-refractivity contribution in [1.82, 2.24) is 4.90 Å². The van der Waals surface area contributed by atoms with Crippen LogP contribution in [0.3, 0.4) is 0 Å². The minimum absolute atomic E-state index is 0.0189. The van der Waals surface area contributed by atoms with Gasteiger partial charge in [-0.3, -0.25) is 14.5 Å². The van der Waals surface area contributed by atoms with Gasteiger partial charge in [-0.25, -0.2) is 0 Å². The number of imide groups is 1. The Labute approximate surface area is 103 Å². The number of aliphatic hydroxyl groups excluding tert-OH is 1. The Bertz CT molecular complexity index is 507. The number of rotatable bonds is 4. The number of nitrogens with zero attached hydrogens (tertiary/aromatic N) is 1. The van der Waals surface area contributed by atoms with E-state index in [2.05, 4.69) is 5.32 Å². The predicted molar refractivity (Wildman–Crippen MR) is 63.6 cm³/mol. The molecule has 0 saturated carbocycles. The lowest BCUT2D eigenvalue weighted by molar-refractivity contribution is -0.137. The number of anilines is 1. The van der Waals surface area contributed by atoms with E-state index < -0.39 is 11.8 Å². The van der Waals surface area contributed by atoms with Crippen molar-refractivity contribution in [3.8, 4) is 5.75 Å². The zero-order chi connectivity index (χ0) is 13.1. The van der Waals surface area contributed by atoms with Gasteiger partial charge in [0, 0.05) is 11.8 Å². The average Bonchev–Trinajstić information content (AvgIpc) is 2.60. The lowest BCUT2D eigenvalue weighted by Gasteiger charge is -2.13. The number of benzene rings is 1. The molecule has 0 unspecified atom stereocenters. The summed E-state index contributed by atoms with van der Waals surface area (Å²) in [5, 5.41) is 20.7. The molecule has 2 rings (SSSR count). The molecule has 1 aromatic rings. The first kappa shape index (κ1) is 12.1. The lowest BCUT2D eigenvalue weighted by Crippen LogP contribution is -2.34. The summed E-state index contributed by atoms with van der Waals surface area (Å²) in [7, 11) is 0. The maximum Gasteiger partial charge on any atom is 0.277 e. The van der Waals surface area contributed by atoms with Gasteiger partial charge in [0.2, 0.25) is 0 Å². The third kappa shape index (κ3) is 2.33. The van der Waals surface area contributed by atoms with Crippen molar-refractivity contribution in [1.29, 1.82) is 0 Å². The molecule has 0 fully saturated rings. The van der Waals surface area contributed by atoms with Gasteiger partial charge in [0.15, 0.2) is 0 Å². The summed E-state index contributed by atoms with van der Waals surface area (Å²) < 4.78 is 0. The number of hydrogen-bond donors (Lipinski definition) is 3. The molecule has 0 bridgehead atoms. The van der Waals surface area contributed by atoms with Crippen LogP contribution in [0, 0.1) is 0 Å². The van der Waals surface area contributed by atoms with Gasteiger partial charge in [-0.05, 0) is 24.3 Å². The summed E-state index contributed by atoms with van der Waals surface area (Å²) in [6, 6.07) is 6.11. The molecule has 6 heteroatoms. The van der Waals surface area contributed by atoms with Crippen LogP contribution < -0.4 is 5.32 Å². The van der Waals surface area contributed by atoms with Crippen LogP contribution in [-0.4, -0.2) is 40.1 Å². The van der Waals surface area contributed by atoms with Crippen molar-refractivity contribution in [2.75, 3.05) is 18.5 Å². The molecular formula is C12H12N2O4. The molecule has 0 spiro atoms. The van der Waals surface area contributed by atoms with Crippen LogP contribution in [0.15, 0.2) is 36.0 Å². The van der Waals surface area contributed by atoms with E-state index in [-0.39, 0.29) is 24.6 Å². The zero-order valence-electron chi connectivity index (χ0n) is 9.46. The SMILES string of the molecule is O=C1C=C(Nc2ccc(O)cc2)C(=O)N1CCO. The number of aromatic hydroxyl groups is 1. The molecule has 3 N–H and O–H groups in total. The Balaban J connectivity index is 2.11. The predicted octanol–water partition coefficient (Wildman–Crippen LogP) is 0.0491. The van der Waals surface area contributed by atoms with E-state index in [1.54, 1.807) is 12.1 Å². The molecule has 18 heavy (non-hydrogen) atoms. The van der Waals surface area contributed by atoms with Gasteiger partial charge in [0.25, 0.3) is 11.8 Å². The maximum atomic E-state index is 11.8. The highest BCUT2D eigenvalue weighted by Gasteiger charge is 2.30. The van der Waals surface area contributed by atoms with Gasteiger partial charge in [-0.15, -0.1) is 0 Å². The Morgan fingerprint density at radius 3 is 2.44 bits per heavy atom. The van der Waals surface area contributed by atoms with Crippen molar-refractivity contribution in [3.05, 3.63) is 36.0 Å². The van der Waals surface area contributed by atoms with Gasteiger partial charge in [-0.2, -0.15) is 0 Å². The van der Waals surface area contributed by atoms with Crippen LogP contribution >= 0.6 is 0 Å². The Hall–Kier alpha value is -2.34. The monoisotopic (exact) mass is 248 g/mol. The number of carbonyl (C=O) groups excluding carboxylic acids is 2. The minimum Gasteiger partial charge on any atom is -0.508 e. The molecular weight excluding hydrogens is 236 g/mol. The highest BCUT2D eigenvalue weighted by Crippen LogP contribution is 2.19. The number of phenols is 1. The fraction of sp³-hybridized carbons (Fsp3) is 0.167. The molecule has 2 amide bonds. The second-order valence-electron chi connectivity index (χ2n) is 3.75. The number of amides is 2. The van der Waals surface area contributed by atoms with E-state index in [0.29, 0.717) is 5.69 Å². The van der Waals surface area contributed by atoms with E-state index in [4.69, 9.17) is 10.2 Å². The van der Waals surface area contributed by atoms with Crippen molar-refractivity contribution in [2.24, 2.45) is 0 Å². The van der Waals surface area contributed by atoms with Crippen LogP contribution in [0.4, 0.5) is 5.69 Å². The highest BCUT2D eigenvalue weighted by atomic mass is 16.3. The van der Waals surface area contributed by atoms with E-state index in [9.17, 15) is 9.59 Å². The Morgan fingerprint density at radius 1 is 1.17 bits per heavy atom. The van der Waals surface area contributed by atoms with Crippen molar-refractivity contribution in [3.63, 3.8) is 0 Å². The summed E-state index contributed by atoms with van der Waals surface area (Å²) in [5.74, 6) is -0.803. The number of phenolic OH excluding ortho intramolecular Hbond substituents is 1. The molecule has 1 aromatic carbocycles. The molecule has 1 heterocycles. The Morgan fingerprint density at radius 2 is 1.83 bits per heavy atom. The third-order valence-electron chi connectivity index (χ3n) is 2.48. The first-order valence-corrected chi connectivity index (χ1v) is 5.36. The molecule has 0 atom stereocenters. The molecule has 1 aliphatic rings. The lowest BCUT2D eigenvalue weighted by atomic mass is 10.3. The number of carbonyl (C=O) groups is 2. The smallest absolute Gasteiger partial charge is 0.277 e. The summed E-state index contributed by atoms with van der Waals surface area (Å²) in [4.78, 5) is 24.2. The van der Waals surface area contributed by atoms with Gasteiger partial charge in [-0.1, -0.05) is 0 Å². The zero-order valence-corrected chi connectivity index (χ0v) is 9.46. The fourth-order valence-electron chi connectivity index (χ4n) is 1.61. The van der Waals surface area contributed by atoms with E-state index in [0.717, 1.165) is 4.90 Å². The summed E-state index contributed by atoms with van der Waals surface area (Å²) >= 11 is 0. The van der Waals surface area contributed by atoms with Gasteiger partial charge >= 0.3 is 0 Å². The standard InChI is InChI=1S/C12H12N2O4/c15-6-5-14-11(17)7-10(12(14)18)13-8-1-3-9(16)4-2-8/h1-4,7,13,15-16H,5-6H2. The molecule has 0 saturated heterocycles. The van der Waals surface area contributed by atoms with E-state index in [1.807, 2.05) is 0 Å². The molecule has 0 aromatic heterocycles. The number of β-amino-alcohol motifs (C(OH)–C–C–N with tert-alkyl or cyclic N) is 1. The highest BCUT2D eigenvalue weighted by molar-refractivity contribution is 6.17. The molecule has 94 valence electrons. The summed E-state index contributed by atoms with van der Waals surface area (Å²) in [5.41, 5.74) is 0.741. The fourth-order valence-corrected chi connectivity index (χ4v) is 1.61. The maximum absolute atomic E-state index is 11.8. The van der Waals surface area contributed by atoms with Crippen LogP contribution in [0.5, 0.6) is 5.75 Å². The molecule has 6 nitrogen and oxygen atoms in total. The van der Waals surface area contributed by atoms with E-state index in [1.165, 1.54) is 18.2 Å². The van der Waals surface area contributed by atoms with Crippen LogP contribution in [0.1, 0.15) is 0 Å². The number of aliphatic hydroxyl groups is 1. The van der Waals surface area contributed by atoms with Crippen molar-refractivity contribution >= 4 is 17.5 Å². The number of hydrogen-bond acceptors (Lipinski definition) is 5. The van der Waals surface area contributed by atoms with Gasteiger partial charge in [0.1, 0.15) is 11.4 Å². The topological polar surface area (TPSA) is 89.9 Å². The molecule has 1 aliphatic heterocycles. The largest absolute Gasteiger partial charge is 0.508 e. The van der Waals surface area contributed by atoms with Crippen LogP contribution in [0.25, 0.3) is 0 Å². The van der Waals surface area contributed by atoms with Crippen molar-refractivity contribution in [2.45, 2.75) is 0 Å². The second kappa shape index (κ2) is 4.89. The number of nitrogens with one attached hydrogen (secondary N) is 1. The second-order valence-corrected chi connectivity index (χ2v) is 3.75. The Kier molecular flexibility index (Phi) is 3.29. The minimum atomic E-state index is -0.470. The van der Waals surface area contributed by atoms with Crippen molar-refractivity contribution < 1.29 is 19.8 Å².